The lowest BCUT2D eigenvalue weighted by molar-refractivity contribution is -0.117. The van der Waals surface area contributed by atoms with Gasteiger partial charge < -0.3 is 10.6 Å². The normalized spacial score (nSPS) is 19.2. The molecule has 5 heteroatoms. The highest BCUT2D eigenvalue weighted by Gasteiger charge is 2.17. The summed E-state index contributed by atoms with van der Waals surface area (Å²) in [5.74, 6) is 0.489. The van der Waals surface area contributed by atoms with Crippen molar-refractivity contribution >= 4 is 39.1 Å². The summed E-state index contributed by atoms with van der Waals surface area (Å²) in [6.45, 7) is 3.94. The Balaban J connectivity index is 1.96. The van der Waals surface area contributed by atoms with Crippen LogP contribution in [0.3, 0.4) is 0 Å². The summed E-state index contributed by atoms with van der Waals surface area (Å²) in [5.41, 5.74) is 1.73. The van der Waals surface area contributed by atoms with Gasteiger partial charge in [-0.15, -0.1) is 0 Å². The number of aryl methyl sites for hydroxylation is 1. The molecule has 1 aromatic carbocycles. The van der Waals surface area contributed by atoms with E-state index in [0.29, 0.717) is 17.4 Å². The van der Waals surface area contributed by atoms with E-state index < -0.39 is 0 Å². The van der Waals surface area contributed by atoms with E-state index in [1.165, 1.54) is 0 Å². The van der Waals surface area contributed by atoms with Crippen molar-refractivity contribution in [1.29, 1.82) is 0 Å². The quantitative estimate of drug-likeness (QED) is 0.876. The Labute approximate surface area is 127 Å². The number of piperidine rings is 1. The minimum absolute atomic E-state index is 0.0503. The second-order valence-corrected chi connectivity index (χ2v) is 6.31. The lowest BCUT2D eigenvalue weighted by Gasteiger charge is -2.22. The van der Waals surface area contributed by atoms with E-state index in [0.717, 1.165) is 41.7 Å². The molecule has 0 saturated carbocycles. The Morgan fingerprint density at radius 1 is 1.58 bits per heavy atom. The predicted octanol–water partition coefficient (Wildman–Crippen LogP) is 3.74. The highest BCUT2D eigenvalue weighted by Crippen LogP contribution is 2.29. The number of anilines is 1. The number of hydrogen-bond donors (Lipinski definition) is 2. The molecule has 19 heavy (non-hydrogen) atoms. The first-order chi connectivity index (χ1) is 9.06. The van der Waals surface area contributed by atoms with Crippen LogP contribution < -0.4 is 10.6 Å². The first-order valence-corrected chi connectivity index (χ1v) is 7.69. The molecule has 104 valence electrons. The van der Waals surface area contributed by atoms with E-state index >= 15 is 0 Å². The van der Waals surface area contributed by atoms with Gasteiger partial charge in [-0.1, -0.05) is 11.6 Å². The Bertz CT molecular complexity index is 473. The van der Waals surface area contributed by atoms with Crippen LogP contribution in [-0.2, 0) is 4.79 Å². The number of nitrogens with one attached hydrogen (secondary N) is 2. The fraction of sp³-hybridized carbons (Fsp3) is 0.500. The van der Waals surface area contributed by atoms with Gasteiger partial charge in [0.1, 0.15) is 0 Å². The first-order valence-electron chi connectivity index (χ1n) is 6.52. The molecule has 2 rings (SSSR count). The van der Waals surface area contributed by atoms with Crippen molar-refractivity contribution in [3.63, 3.8) is 0 Å². The fourth-order valence-electron chi connectivity index (χ4n) is 2.30. The summed E-state index contributed by atoms with van der Waals surface area (Å²) >= 11 is 9.53. The minimum atomic E-state index is 0.0503. The molecular formula is C14H18BrClN2O. The van der Waals surface area contributed by atoms with Crippen LogP contribution >= 0.6 is 27.5 Å². The van der Waals surface area contributed by atoms with Crippen LogP contribution in [0.15, 0.2) is 16.6 Å². The maximum absolute atomic E-state index is 12.0. The summed E-state index contributed by atoms with van der Waals surface area (Å²) in [5, 5.41) is 6.91. The van der Waals surface area contributed by atoms with Crippen LogP contribution in [0.5, 0.6) is 0 Å². The van der Waals surface area contributed by atoms with Gasteiger partial charge in [0.2, 0.25) is 5.91 Å². The minimum Gasteiger partial charge on any atom is -0.325 e. The average molecular weight is 346 g/mol. The molecule has 1 unspecified atom stereocenters. The van der Waals surface area contributed by atoms with E-state index in [9.17, 15) is 4.79 Å². The lowest BCUT2D eigenvalue weighted by Crippen LogP contribution is -2.32. The van der Waals surface area contributed by atoms with E-state index in [1.54, 1.807) is 6.07 Å². The van der Waals surface area contributed by atoms with Crippen LogP contribution in [0.25, 0.3) is 0 Å². The molecule has 1 amide bonds. The zero-order valence-corrected chi connectivity index (χ0v) is 13.3. The van der Waals surface area contributed by atoms with Crippen molar-refractivity contribution in [3.8, 4) is 0 Å². The maximum atomic E-state index is 12.0. The molecule has 1 aliphatic rings. The third-order valence-electron chi connectivity index (χ3n) is 3.40. The van der Waals surface area contributed by atoms with Gasteiger partial charge in [0.15, 0.2) is 0 Å². The average Bonchev–Trinajstić information content (AvgIpc) is 2.37. The number of benzene rings is 1. The number of carbonyl (C=O) groups is 1. The summed E-state index contributed by atoms with van der Waals surface area (Å²) in [6.07, 6.45) is 2.83. The Kier molecular flexibility index (Phi) is 5.25. The van der Waals surface area contributed by atoms with Crippen molar-refractivity contribution in [2.24, 2.45) is 5.92 Å². The molecule has 1 heterocycles. The smallest absolute Gasteiger partial charge is 0.224 e. The third kappa shape index (κ3) is 4.20. The fourth-order valence-corrected chi connectivity index (χ4v) is 3.02. The molecule has 1 aliphatic heterocycles. The van der Waals surface area contributed by atoms with E-state index in [-0.39, 0.29) is 5.91 Å². The molecular weight excluding hydrogens is 328 g/mol. The SMILES string of the molecule is Cc1cc(Br)c(NC(=O)CC2CCCNC2)cc1Cl. The molecule has 3 nitrogen and oxygen atoms in total. The summed E-state index contributed by atoms with van der Waals surface area (Å²) < 4.78 is 0.865. The van der Waals surface area contributed by atoms with Gasteiger partial charge >= 0.3 is 0 Å². The molecule has 2 N–H and O–H groups in total. The van der Waals surface area contributed by atoms with E-state index in [2.05, 4.69) is 26.6 Å². The Morgan fingerprint density at radius 3 is 3.05 bits per heavy atom. The number of halogens is 2. The second kappa shape index (κ2) is 6.73. The predicted molar refractivity (Wildman–Crippen MR) is 82.7 cm³/mol. The molecule has 0 aromatic heterocycles. The number of hydrogen-bond acceptors (Lipinski definition) is 2. The molecule has 0 aliphatic carbocycles. The summed E-state index contributed by atoms with van der Waals surface area (Å²) in [6, 6.07) is 3.71. The Hall–Kier alpha value is -0.580. The van der Waals surface area contributed by atoms with Gasteiger partial charge in [0.05, 0.1) is 5.69 Å². The summed E-state index contributed by atoms with van der Waals surface area (Å²) in [4.78, 5) is 12.0. The first kappa shape index (κ1) is 14.8. The van der Waals surface area contributed by atoms with Crippen molar-refractivity contribution < 1.29 is 4.79 Å². The molecule has 1 fully saturated rings. The van der Waals surface area contributed by atoms with Crippen LogP contribution in [0.1, 0.15) is 24.8 Å². The molecule has 1 saturated heterocycles. The maximum Gasteiger partial charge on any atom is 0.224 e. The van der Waals surface area contributed by atoms with Crippen LogP contribution in [0.4, 0.5) is 5.69 Å². The van der Waals surface area contributed by atoms with Crippen molar-refractivity contribution in [1.82, 2.24) is 5.32 Å². The van der Waals surface area contributed by atoms with E-state index in [1.807, 2.05) is 13.0 Å². The number of carbonyl (C=O) groups excluding carboxylic acids is 1. The van der Waals surface area contributed by atoms with Gasteiger partial charge in [0.25, 0.3) is 0 Å². The van der Waals surface area contributed by atoms with Crippen LogP contribution in [0, 0.1) is 12.8 Å². The summed E-state index contributed by atoms with van der Waals surface area (Å²) in [7, 11) is 0. The topological polar surface area (TPSA) is 41.1 Å². The highest BCUT2D eigenvalue weighted by molar-refractivity contribution is 9.10. The van der Waals surface area contributed by atoms with Gasteiger partial charge in [-0.2, -0.15) is 0 Å². The van der Waals surface area contributed by atoms with Gasteiger partial charge in [-0.05, 0) is 72.4 Å². The van der Waals surface area contributed by atoms with Crippen LogP contribution in [-0.4, -0.2) is 19.0 Å². The van der Waals surface area contributed by atoms with Crippen molar-refractivity contribution in [3.05, 3.63) is 27.2 Å². The number of rotatable bonds is 3. The van der Waals surface area contributed by atoms with Crippen molar-refractivity contribution in [2.45, 2.75) is 26.2 Å². The molecule has 1 atom stereocenters. The van der Waals surface area contributed by atoms with Gasteiger partial charge in [-0.25, -0.2) is 0 Å². The zero-order valence-electron chi connectivity index (χ0n) is 10.9. The lowest BCUT2D eigenvalue weighted by atomic mass is 9.96. The van der Waals surface area contributed by atoms with Gasteiger partial charge in [0, 0.05) is 15.9 Å². The zero-order chi connectivity index (χ0) is 13.8. The van der Waals surface area contributed by atoms with E-state index in [4.69, 9.17) is 11.6 Å². The van der Waals surface area contributed by atoms with Crippen molar-refractivity contribution in [2.75, 3.05) is 18.4 Å². The molecule has 0 radical (unpaired) electrons. The van der Waals surface area contributed by atoms with Crippen LogP contribution in [0.2, 0.25) is 5.02 Å². The monoisotopic (exact) mass is 344 g/mol. The largest absolute Gasteiger partial charge is 0.325 e. The molecule has 0 bridgehead atoms. The molecule has 1 aromatic rings. The molecule has 0 spiro atoms. The van der Waals surface area contributed by atoms with Gasteiger partial charge in [-0.3, -0.25) is 4.79 Å². The Morgan fingerprint density at radius 2 is 2.37 bits per heavy atom. The number of amides is 1. The second-order valence-electron chi connectivity index (χ2n) is 5.05. The highest BCUT2D eigenvalue weighted by atomic mass is 79.9. The standard InChI is InChI=1S/C14H18BrClN2O/c1-9-5-11(15)13(7-12(9)16)18-14(19)6-10-3-2-4-17-8-10/h5,7,10,17H,2-4,6,8H2,1H3,(H,18,19). The third-order valence-corrected chi connectivity index (χ3v) is 4.46.